The van der Waals surface area contributed by atoms with Crippen LogP contribution in [0.3, 0.4) is 0 Å². The fourth-order valence-corrected chi connectivity index (χ4v) is 6.80. The van der Waals surface area contributed by atoms with Gasteiger partial charge in [-0.2, -0.15) is 13.2 Å². The van der Waals surface area contributed by atoms with Gasteiger partial charge in [-0.05, 0) is 64.2 Å². The number of likely N-dealkylation sites (N-methyl/N-ethyl adjacent to an activating group) is 1. The minimum Gasteiger partial charge on any atom is -0.394 e. The van der Waals surface area contributed by atoms with Crippen LogP contribution in [-0.4, -0.2) is 91.2 Å². The number of hydrogen-bond donors (Lipinski definition) is 2. The molecule has 4 aromatic rings. The SMILES string of the molecule is COC/C=C/C(=O)N1CCC(N(N)c2c(N)c(N3CC(C)(N(C)C)C3)nc3c(F)c(-c4ccc(F)c5cccnc45)c(C(F)(F)F)cc23)CC1. The van der Waals surface area contributed by atoms with Gasteiger partial charge in [0, 0.05) is 73.5 Å². The van der Waals surface area contributed by atoms with Gasteiger partial charge >= 0.3 is 6.18 Å². The molecular formula is C35H39F5N8O2. The highest BCUT2D eigenvalue weighted by atomic mass is 19.4. The summed E-state index contributed by atoms with van der Waals surface area (Å²) >= 11 is 0. The van der Waals surface area contributed by atoms with Crippen LogP contribution in [-0.2, 0) is 15.7 Å². The van der Waals surface area contributed by atoms with E-state index in [4.69, 9.17) is 16.3 Å². The topological polar surface area (TPSA) is 117 Å². The molecule has 0 atom stereocenters. The third kappa shape index (κ3) is 6.18. The second-order valence-corrected chi connectivity index (χ2v) is 13.3. The molecule has 2 aliphatic rings. The standard InChI is InChI=1S/C35H39F5N8O2/c1-34(45(2)3)18-47(19-34)33-29(41)32(48(42)20-11-14-46(15-12-20)26(49)8-6-16-50-4)23-17-24(35(38,39)40)27(28(37)31(23)44-33)22-9-10-25(36)21-7-5-13-43-30(21)22/h5-10,13,17,20H,11-12,14-16,18-19,41-42H2,1-4H3/b8-6+. The number of nitrogens with two attached hydrogens (primary N) is 2. The summed E-state index contributed by atoms with van der Waals surface area (Å²) in [5.41, 5.74) is 3.66. The van der Waals surface area contributed by atoms with Gasteiger partial charge in [0.15, 0.2) is 11.6 Å². The number of rotatable bonds is 8. The van der Waals surface area contributed by atoms with Gasteiger partial charge in [-0.25, -0.2) is 19.6 Å². The van der Waals surface area contributed by atoms with Crippen molar-refractivity contribution in [3.05, 3.63) is 65.9 Å². The molecule has 0 aliphatic carbocycles. The number of piperidine rings is 1. The van der Waals surface area contributed by atoms with E-state index in [0.29, 0.717) is 39.0 Å². The average molecular weight is 699 g/mol. The van der Waals surface area contributed by atoms with E-state index in [-0.39, 0.29) is 62.6 Å². The van der Waals surface area contributed by atoms with Crippen molar-refractivity contribution < 1.29 is 31.5 Å². The molecule has 10 nitrogen and oxygen atoms in total. The summed E-state index contributed by atoms with van der Waals surface area (Å²) in [6, 6.07) is 5.26. The molecule has 2 aliphatic heterocycles. The number of amides is 1. The van der Waals surface area contributed by atoms with E-state index in [1.165, 1.54) is 36.5 Å². The second kappa shape index (κ2) is 13.3. The van der Waals surface area contributed by atoms with Gasteiger partial charge in [-0.3, -0.25) is 9.78 Å². The predicted octanol–water partition coefficient (Wildman–Crippen LogP) is 5.34. The zero-order valence-corrected chi connectivity index (χ0v) is 28.2. The van der Waals surface area contributed by atoms with Crippen LogP contribution in [0.1, 0.15) is 25.3 Å². The molecule has 0 spiro atoms. The second-order valence-electron chi connectivity index (χ2n) is 13.3. The zero-order chi connectivity index (χ0) is 36.1. The molecule has 0 radical (unpaired) electrons. The van der Waals surface area contributed by atoms with Crippen molar-refractivity contribution in [2.24, 2.45) is 5.84 Å². The van der Waals surface area contributed by atoms with Gasteiger partial charge in [0.2, 0.25) is 5.91 Å². The minimum absolute atomic E-state index is 0.00580. The number of carbonyl (C=O) groups excluding carboxylic acids is 1. The van der Waals surface area contributed by atoms with Gasteiger partial charge in [-0.1, -0.05) is 6.08 Å². The van der Waals surface area contributed by atoms with Gasteiger partial charge < -0.3 is 30.2 Å². The van der Waals surface area contributed by atoms with E-state index in [2.05, 4.69) is 9.97 Å². The Morgan fingerprint density at radius 2 is 1.82 bits per heavy atom. The molecule has 4 N–H and O–H groups in total. The molecule has 0 unspecified atom stereocenters. The van der Waals surface area contributed by atoms with Gasteiger partial charge in [0.05, 0.1) is 28.9 Å². The van der Waals surface area contributed by atoms with Crippen molar-refractivity contribution >= 4 is 44.9 Å². The van der Waals surface area contributed by atoms with Crippen LogP contribution in [0.15, 0.2) is 48.7 Å². The van der Waals surface area contributed by atoms with E-state index in [1.807, 2.05) is 30.8 Å². The zero-order valence-electron chi connectivity index (χ0n) is 28.2. The van der Waals surface area contributed by atoms with E-state index >= 15 is 4.39 Å². The number of nitrogens with zero attached hydrogens (tertiary/aromatic N) is 6. The van der Waals surface area contributed by atoms with Crippen LogP contribution >= 0.6 is 0 Å². The number of benzene rings is 2. The number of alkyl halides is 3. The minimum atomic E-state index is -5.04. The number of likely N-dealkylation sites (tertiary alicyclic amines) is 1. The molecular weight excluding hydrogens is 659 g/mol. The van der Waals surface area contributed by atoms with Gasteiger partial charge in [0.1, 0.15) is 17.0 Å². The van der Waals surface area contributed by atoms with E-state index < -0.39 is 35.0 Å². The molecule has 6 rings (SSSR count). The lowest BCUT2D eigenvalue weighted by atomic mass is 9.90. The van der Waals surface area contributed by atoms with Crippen molar-refractivity contribution in [1.82, 2.24) is 19.8 Å². The Hall–Kier alpha value is -4.60. The predicted molar refractivity (Wildman–Crippen MR) is 183 cm³/mol. The van der Waals surface area contributed by atoms with Crippen LogP contribution in [0.4, 0.5) is 39.1 Å². The summed E-state index contributed by atoms with van der Waals surface area (Å²) in [4.78, 5) is 26.9. The largest absolute Gasteiger partial charge is 0.417 e. The van der Waals surface area contributed by atoms with Crippen LogP contribution in [0.2, 0.25) is 0 Å². The molecule has 0 bridgehead atoms. The number of carbonyl (C=O) groups is 1. The average Bonchev–Trinajstić information content (AvgIpc) is 3.06. The van der Waals surface area contributed by atoms with E-state index in [9.17, 15) is 22.4 Å². The molecule has 2 aromatic carbocycles. The molecule has 50 heavy (non-hydrogen) atoms. The van der Waals surface area contributed by atoms with Crippen LogP contribution in [0.5, 0.6) is 0 Å². The molecule has 2 saturated heterocycles. The highest BCUT2D eigenvalue weighted by Gasteiger charge is 2.44. The number of hydrogen-bond acceptors (Lipinski definition) is 9. The highest BCUT2D eigenvalue weighted by Crippen LogP contribution is 2.48. The lowest BCUT2D eigenvalue weighted by molar-refractivity contribution is -0.137. The molecule has 4 heterocycles. The number of halogens is 5. The molecule has 2 fully saturated rings. The number of pyridine rings is 2. The van der Waals surface area contributed by atoms with Crippen molar-refractivity contribution in [1.29, 1.82) is 0 Å². The van der Waals surface area contributed by atoms with Crippen LogP contribution in [0, 0.1) is 11.6 Å². The van der Waals surface area contributed by atoms with E-state index in [1.54, 1.807) is 11.0 Å². The molecule has 0 saturated carbocycles. The normalized spacial score (nSPS) is 16.9. The summed E-state index contributed by atoms with van der Waals surface area (Å²) in [5, 5.41) is 1.02. The number of nitrogen functional groups attached to an aromatic ring is 1. The van der Waals surface area contributed by atoms with Crippen LogP contribution in [0.25, 0.3) is 32.9 Å². The number of anilines is 3. The Bertz CT molecular complexity index is 1970. The number of fused-ring (bicyclic) bond motifs is 2. The molecule has 2 aromatic heterocycles. The summed E-state index contributed by atoms with van der Waals surface area (Å²) < 4.78 is 81.6. The van der Waals surface area contributed by atoms with Crippen molar-refractivity contribution in [3.8, 4) is 11.1 Å². The first-order valence-corrected chi connectivity index (χ1v) is 16.1. The van der Waals surface area contributed by atoms with Crippen molar-refractivity contribution in [2.75, 3.05) is 69.6 Å². The van der Waals surface area contributed by atoms with Crippen molar-refractivity contribution in [2.45, 2.75) is 37.5 Å². The maximum atomic E-state index is 17.0. The first-order valence-electron chi connectivity index (χ1n) is 16.1. The number of aromatic nitrogens is 2. The van der Waals surface area contributed by atoms with Gasteiger partial charge in [-0.15, -0.1) is 0 Å². The smallest absolute Gasteiger partial charge is 0.394 e. The van der Waals surface area contributed by atoms with Crippen molar-refractivity contribution in [3.63, 3.8) is 0 Å². The third-order valence-electron chi connectivity index (χ3n) is 9.89. The molecule has 266 valence electrons. The highest BCUT2D eigenvalue weighted by molar-refractivity contribution is 6.06. The lowest BCUT2D eigenvalue weighted by Gasteiger charge is -2.52. The number of methoxy groups -OCH3 is 1. The Balaban J connectivity index is 1.52. The summed E-state index contributed by atoms with van der Waals surface area (Å²) in [7, 11) is 5.38. The monoisotopic (exact) mass is 698 g/mol. The summed E-state index contributed by atoms with van der Waals surface area (Å²) in [5.74, 6) is 4.76. The Morgan fingerprint density at radius 1 is 1.12 bits per heavy atom. The van der Waals surface area contributed by atoms with E-state index in [0.717, 1.165) is 18.2 Å². The molecule has 1 amide bonds. The maximum absolute atomic E-state index is 17.0. The fourth-order valence-electron chi connectivity index (χ4n) is 6.80. The van der Waals surface area contributed by atoms with Gasteiger partial charge in [0.25, 0.3) is 0 Å². The Labute approximate surface area is 286 Å². The Morgan fingerprint density at radius 3 is 2.46 bits per heavy atom. The quantitative estimate of drug-likeness (QED) is 0.109. The Kier molecular flexibility index (Phi) is 9.35. The lowest BCUT2D eigenvalue weighted by Crippen LogP contribution is -2.67. The maximum Gasteiger partial charge on any atom is 0.417 e. The number of hydrazine groups is 1. The third-order valence-corrected chi connectivity index (χ3v) is 9.89. The summed E-state index contributed by atoms with van der Waals surface area (Å²) in [6.07, 6.45) is 0.0506. The first-order chi connectivity index (χ1) is 23.7. The summed E-state index contributed by atoms with van der Waals surface area (Å²) in [6.45, 7) is 3.91. The van der Waals surface area contributed by atoms with Crippen LogP contribution < -0.4 is 21.5 Å². The first kappa shape index (κ1) is 35.2. The molecule has 15 heteroatoms. The number of ether oxygens (including phenoxy) is 1. The fraction of sp³-hybridized carbons (Fsp3) is 0.400.